The highest BCUT2D eigenvalue weighted by Gasteiger charge is 2.11. The Morgan fingerprint density at radius 3 is 2.88 bits per heavy atom. The zero-order chi connectivity index (χ0) is 17.6. The van der Waals surface area contributed by atoms with Crippen molar-refractivity contribution >= 4 is 23.2 Å². The molecular weight excluding hydrogens is 340 g/mol. The van der Waals surface area contributed by atoms with E-state index in [-0.39, 0.29) is 5.91 Å². The molecule has 0 radical (unpaired) electrons. The monoisotopic (exact) mass is 362 g/mol. The molecular formula is C18H23ClN4O2. The van der Waals surface area contributed by atoms with Crippen molar-refractivity contribution in [2.75, 3.05) is 31.6 Å². The third-order valence-corrected chi connectivity index (χ3v) is 4.69. The first-order valence-electron chi connectivity index (χ1n) is 8.48. The summed E-state index contributed by atoms with van der Waals surface area (Å²) in [6, 6.07) is 8.00. The second-order valence-electron chi connectivity index (χ2n) is 6.19. The standard InChI is InChI=1S/C18H23ClN4O2/c1-14-17(19)12-20-23(14)6-5-18(24)21-16-4-2-3-15(11-16)13-22-7-9-25-10-8-22/h2-4,11-12H,5-10,13H2,1H3,(H,21,24). The third kappa shape index (κ3) is 5.04. The average molecular weight is 363 g/mol. The van der Waals surface area contributed by atoms with Crippen LogP contribution in [0.25, 0.3) is 0 Å². The van der Waals surface area contributed by atoms with Crippen LogP contribution in [0.2, 0.25) is 5.02 Å². The fourth-order valence-corrected chi connectivity index (χ4v) is 2.99. The maximum Gasteiger partial charge on any atom is 0.226 e. The first-order chi connectivity index (χ1) is 12.1. The molecule has 7 heteroatoms. The highest BCUT2D eigenvalue weighted by molar-refractivity contribution is 6.31. The molecule has 1 amide bonds. The largest absolute Gasteiger partial charge is 0.379 e. The number of nitrogens with one attached hydrogen (secondary N) is 1. The van der Waals surface area contributed by atoms with E-state index in [4.69, 9.17) is 16.3 Å². The molecule has 0 aliphatic carbocycles. The summed E-state index contributed by atoms with van der Waals surface area (Å²) in [6.45, 7) is 6.74. The van der Waals surface area contributed by atoms with Gasteiger partial charge in [-0.05, 0) is 24.6 Å². The van der Waals surface area contributed by atoms with Crippen LogP contribution in [0.3, 0.4) is 0 Å². The van der Waals surface area contributed by atoms with Gasteiger partial charge in [-0.25, -0.2) is 0 Å². The quantitative estimate of drug-likeness (QED) is 0.858. The highest BCUT2D eigenvalue weighted by Crippen LogP contribution is 2.15. The van der Waals surface area contributed by atoms with Gasteiger partial charge >= 0.3 is 0 Å². The average Bonchev–Trinajstić information content (AvgIpc) is 2.93. The molecule has 1 fully saturated rings. The minimum atomic E-state index is -0.0328. The molecule has 0 saturated carbocycles. The molecule has 1 N–H and O–H groups in total. The number of carbonyl (C=O) groups is 1. The first kappa shape index (κ1) is 17.9. The molecule has 1 aromatic heterocycles. The Morgan fingerprint density at radius 2 is 2.16 bits per heavy atom. The Labute approximate surface area is 152 Å². The molecule has 0 unspecified atom stereocenters. The summed E-state index contributed by atoms with van der Waals surface area (Å²) >= 11 is 5.98. The summed E-state index contributed by atoms with van der Waals surface area (Å²) in [6.07, 6.45) is 1.95. The maximum atomic E-state index is 12.2. The summed E-state index contributed by atoms with van der Waals surface area (Å²) < 4.78 is 7.12. The van der Waals surface area contributed by atoms with Crippen LogP contribution in [0.15, 0.2) is 30.5 Å². The lowest BCUT2D eigenvalue weighted by Gasteiger charge is -2.26. The predicted molar refractivity (Wildman–Crippen MR) is 97.8 cm³/mol. The Hall–Kier alpha value is -1.89. The van der Waals surface area contributed by atoms with E-state index in [1.807, 2.05) is 25.1 Å². The van der Waals surface area contributed by atoms with Gasteiger partial charge in [-0.2, -0.15) is 5.10 Å². The number of aryl methyl sites for hydroxylation is 1. The number of rotatable bonds is 6. The number of amides is 1. The van der Waals surface area contributed by atoms with E-state index in [2.05, 4.69) is 21.4 Å². The van der Waals surface area contributed by atoms with E-state index >= 15 is 0 Å². The van der Waals surface area contributed by atoms with Crippen LogP contribution >= 0.6 is 11.6 Å². The van der Waals surface area contributed by atoms with Gasteiger partial charge in [0.1, 0.15) is 0 Å². The molecule has 0 atom stereocenters. The van der Waals surface area contributed by atoms with Crippen LogP contribution in [0.5, 0.6) is 0 Å². The summed E-state index contributed by atoms with van der Waals surface area (Å²) in [4.78, 5) is 14.5. The van der Waals surface area contributed by atoms with Crippen LogP contribution < -0.4 is 5.32 Å². The molecule has 134 valence electrons. The summed E-state index contributed by atoms with van der Waals surface area (Å²) in [7, 11) is 0. The fraction of sp³-hybridized carbons (Fsp3) is 0.444. The number of carbonyl (C=O) groups excluding carboxylic acids is 1. The molecule has 1 aliphatic heterocycles. The van der Waals surface area contributed by atoms with Crippen LogP contribution in [-0.2, 0) is 22.6 Å². The van der Waals surface area contributed by atoms with Gasteiger partial charge in [-0.15, -0.1) is 0 Å². The van der Waals surface area contributed by atoms with Gasteiger partial charge in [0.15, 0.2) is 0 Å². The number of ether oxygens (including phenoxy) is 1. The number of halogens is 1. The van der Waals surface area contributed by atoms with Crippen molar-refractivity contribution in [1.82, 2.24) is 14.7 Å². The van der Waals surface area contributed by atoms with Crippen molar-refractivity contribution in [2.45, 2.75) is 26.4 Å². The molecule has 0 spiro atoms. The van der Waals surface area contributed by atoms with E-state index in [1.54, 1.807) is 10.9 Å². The molecule has 2 heterocycles. The number of nitrogens with zero attached hydrogens (tertiary/aromatic N) is 3. The Bertz CT molecular complexity index is 726. The van der Waals surface area contributed by atoms with Gasteiger partial charge < -0.3 is 10.1 Å². The van der Waals surface area contributed by atoms with E-state index in [1.165, 1.54) is 5.56 Å². The fourth-order valence-electron chi connectivity index (χ4n) is 2.84. The van der Waals surface area contributed by atoms with Gasteiger partial charge in [-0.1, -0.05) is 23.7 Å². The number of hydrogen-bond donors (Lipinski definition) is 1. The lowest BCUT2D eigenvalue weighted by Crippen LogP contribution is -2.35. The van der Waals surface area contributed by atoms with Gasteiger partial charge in [0.05, 0.1) is 36.7 Å². The summed E-state index contributed by atoms with van der Waals surface area (Å²) in [5.41, 5.74) is 2.89. The van der Waals surface area contributed by atoms with E-state index in [0.29, 0.717) is 18.0 Å². The third-order valence-electron chi connectivity index (χ3n) is 4.31. The van der Waals surface area contributed by atoms with Crippen LogP contribution in [0, 0.1) is 6.92 Å². The second kappa shape index (κ2) is 8.47. The Morgan fingerprint density at radius 1 is 1.36 bits per heavy atom. The summed E-state index contributed by atoms with van der Waals surface area (Å²) in [5, 5.41) is 7.74. The molecule has 0 bridgehead atoms. The van der Waals surface area contributed by atoms with Crippen molar-refractivity contribution in [1.29, 1.82) is 0 Å². The number of hydrogen-bond acceptors (Lipinski definition) is 4. The van der Waals surface area contributed by atoms with Crippen molar-refractivity contribution < 1.29 is 9.53 Å². The number of morpholine rings is 1. The smallest absolute Gasteiger partial charge is 0.226 e. The maximum absolute atomic E-state index is 12.2. The highest BCUT2D eigenvalue weighted by atomic mass is 35.5. The molecule has 3 rings (SSSR count). The molecule has 1 aromatic carbocycles. The van der Waals surface area contributed by atoms with Crippen molar-refractivity contribution in [3.63, 3.8) is 0 Å². The van der Waals surface area contributed by atoms with Crippen LogP contribution in [0.1, 0.15) is 17.7 Å². The molecule has 1 aliphatic rings. The van der Waals surface area contributed by atoms with E-state index in [9.17, 15) is 4.79 Å². The second-order valence-corrected chi connectivity index (χ2v) is 6.60. The van der Waals surface area contributed by atoms with Crippen molar-refractivity contribution in [2.24, 2.45) is 0 Å². The SMILES string of the molecule is Cc1c(Cl)cnn1CCC(=O)Nc1cccc(CN2CCOCC2)c1. The topological polar surface area (TPSA) is 59.4 Å². The normalized spacial score (nSPS) is 15.3. The molecule has 25 heavy (non-hydrogen) atoms. The first-order valence-corrected chi connectivity index (χ1v) is 8.86. The van der Waals surface area contributed by atoms with Crippen LogP contribution in [0.4, 0.5) is 5.69 Å². The Balaban J connectivity index is 1.52. The van der Waals surface area contributed by atoms with E-state index in [0.717, 1.165) is 44.2 Å². The Kier molecular flexibility index (Phi) is 6.07. The number of aromatic nitrogens is 2. The van der Waals surface area contributed by atoms with Crippen molar-refractivity contribution in [3.8, 4) is 0 Å². The van der Waals surface area contributed by atoms with Gasteiger partial charge in [0.2, 0.25) is 5.91 Å². The molecule has 2 aromatic rings. The lowest BCUT2D eigenvalue weighted by atomic mass is 10.1. The zero-order valence-electron chi connectivity index (χ0n) is 14.4. The molecule has 1 saturated heterocycles. The minimum Gasteiger partial charge on any atom is -0.379 e. The number of anilines is 1. The van der Waals surface area contributed by atoms with Gasteiger partial charge in [0, 0.05) is 31.7 Å². The number of benzene rings is 1. The van der Waals surface area contributed by atoms with Crippen LogP contribution in [-0.4, -0.2) is 46.9 Å². The lowest BCUT2D eigenvalue weighted by molar-refractivity contribution is -0.116. The zero-order valence-corrected chi connectivity index (χ0v) is 15.1. The van der Waals surface area contributed by atoms with Gasteiger partial charge in [-0.3, -0.25) is 14.4 Å². The minimum absolute atomic E-state index is 0.0328. The van der Waals surface area contributed by atoms with Crippen molar-refractivity contribution in [3.05, 3.63) is 46.7 Å². The summed E-state index contributed by atoms with van der Waals surface area (Å²) in [5.74, 6) is -0.0328. The van der Waals surface area contributed by atoms with Gasteiger partial charge in [0.25, 0.3) is 0 Å². The van der Waals surface area contributed by atoms with E-state index < -0.39 is 0 Å². The predicted octanol–water partition coefficient (Wildman–Crippen LogP) is 2.71. The molecule has 6 nitrogen and oxygen atoms in total.